The molecule has 0 aromatic carbocycles. The number of hydrogen-bond acceptors (Lipinski definition) is 2. The minimum absolute atomic E-state index is 0.0553. The van der Waals surface area contributed by atoms with Gasteiger partial charge in [0.05, 0.1) is 6.54 Å². The maximum Gasteiger partial charge on any atom is 0.223 e. The third-order valence-electron chi connectivity index (χ3n) is 2.43. The molecule has 1 saturated heterocycles. The summed E-state index contributed by atoms with van der Waals surface area (Å²) in [6.07, 6.45) is 0.793. The molecule has 2 atom stereocenters. The van der Waals surface area contributed by atoms with Gasteiger partial charge in [0.25, 0.3) is 0 Å². The van der Waals surface area contributed by atoms with Crippen LogP contribution in [0.4, 0.5) is 0 Å². The Morgan fingerprint density at radius 1 is 1.71 bits per heavy atom. The van der Waals surface area contributed by atoms with E-state index < -0.39 is 0 Å². The average molecular weight is 218 g/mol. The van der Waals surface area contributed by atoms with E-state index >= 15 is 0 Å². The van der Waals surface area contributed by atoms with Gasteiger partial charge < -0.3 is 10.1 Å². The molecule has 80 valence electrons. The monoisotopic (exact) mass is 217 g/mol. The van der Waals surface area contributed by atoms with E-state index in [4.69, 9.17) is 16.3 Å². The predicted octanol–water partition coefficient (Wildman–Crippen LogP) is 1.53. The quantitative estimate of drug-likeness (QED) is 0.779. The molecule has 0 aromatic heterocycles. The maximum absolute atomic E-state index is 11.6. The van der Waals surface area contributed by atoms with Crippen molar-refractivity contribution in [2.24, 2.45) is 11.8 Å². The van der Waals surface area contributed by atoms with Crippen LogP contribution in [-0.2, 0) is 9.53 Å². The van der Waals surface area contributed by atoms with Gasteiger partial charge in [0, 0.05) is 24.2 Å². The van der Waals surface area contributed by atoms with Gasteiger partial charge in [0.1, 0.15) is 0 Å². The summed E-state index contributed by atoms with van der Waals surface area (Å²) in [6, 6.07) is 0. The molecule has 3 nitrogen and oxygen atoms in total. The summed E-state index contributed by atoms with van der Waals surface area (Å²) in [5.74, 6) is 0.398. The lowest BCUT2D eigenvalue weighted by molar-refractivity contribution is -0.130. The van der Waals surface area contributed by atoms with Gasteiger partial charge in [-0.25, -0.2) is 0 Å². The molecule has 1 amide bonds. The van der Waals surface area contributed by atoms with Crippen molar-refractivity contribution in [2.75, 3.05) is 19.8 Å². The Morgan fingerprint density at radius 3 is 3.00 bits per heavy atom. The first kappa shape index (κ1) is 11.5. The van der Waals surface area contributed by atoms with Crippen LogP contribution in [0.3, 0.4) is 0 Å². The van der Waals surface area contributed by atoms with E-state index in [2.05, 4.69) is 11.9 Å². The summed E-state index contributed by atoms with van der Waals surface area (Å²) in [6.45, 7) is 7.23. The summed E-state index contributed by atoms with van der Waals surface area (Å²) < 4.78 is 5.26. The molecule has 1 aliphatic rings. The Kier molecular flexibility index (Phi) is 4.42. The molecule has 0 aromatic rings. The Balaban J connectivity index is 2.38. The van der Waals surface area contributed by atoms with Crippen LogP contribution in [0, 0.1) is 11.8 Å². The SMILES string of the molecule is C=C(Cl)CNC(=O)C1CCOCC1C. The zero-order valence-corrected chi connectivity index (χ0v) is 9.14. The summed E-state index contributed by atoms with van der Waals surface area (Å²) >= 11 is 5.56. The molecular weight excluding hydrogens is 202 g/mol. The fraction of sp³-hybridized carbons (Fsp3) is 0.700. The van der Waals surface area contributed by atoms with Crippen LogP contribution in [0.25, 0.3) is 0 Å². The topological polar surface area (TPSA) is 38.3 Å². The van der Waals surface area contributed by atoms with E-state index in [9.17, 15) is 4.79 Å². The fourth-order valence-corrected chi connectivity index (χ4v) is 1.65. The molecular formula is C10H16ClNO2. The lowest BCUT2D eigenvalue weighted by Crippen LogP contribution is -2.39. The van der Waals surface area contributed by atoms with Gasteiger partial charge in [-0.2, -0.15) is 0 Å². The van der Waals surface area contributed by atoms with Crippen LogP contribution in [0.1, 0.15) is 13.3 Å². The van der Waals surface area contributed by atoms with E-state index in [1.165, 1.54) is 0 Å². The number of ether oxygens (including phenoxy) is 1. The number of halogens is 1. The molecule has 14 heavy (non-hydrogen) atoms. The summed E-state index contributed by atoms with van der Waals surface area (Å²) in [5.41, 5.74) is 0. The molecule has 2 unspecified atom stereocenters. The zero-order valence-electron chi connectivity index (χ0n) is 8.38. The number of amides is 1. The van der Waals surface area contributed by atoms with E-state index in [1.807, 2.05) is 6.92 Å². The van der Waals surface area contributed by atoms with Gasteiger partial charge in [-0.3, -0.25) is 4.79 Å². The number of hydrogen-bond donors (Lipinski definition) is 1. The first-order valence-electron chi connectivity index (χ1n) is 4.80. The number of nitrogens with one attached hydrogen (secondary N) is 1. The average Bonchev–Trinajstić information content (AvgIpc) is 2.15. The van der Waals surface area contributed by atoms with Gasteiger partial charge in [-0.05, 0) is 12.3 Å². The Labute approximate surface area is 89.5 Å². The van der Waals surface area contributed by atoms with Crippen molar-refractivity contribution < 1.29 is 9.53 Å². The van der Waals surface area contributed by atoms with Crippen molar-refractivity contribution in [3.05, 3.63) is 11.6 Å². The minimum atomic E-state index is 0.0553. The second-order valence-electron chi connectivity index (χ2n) is 3.68. The molecule has 1 N–H and O–H groups in total. The van der Waals surface area contributed by atoms with Gasteiger partial charge in [0.15, 0.2) is 0 Å². The smallest absolute Gasteiger partial charge is 0.223 e. The molecule has 1 rings (SSSR count). The first-order valence-corrected chi connectivity index (χ1v) is 5.17. The molecule has 0 saturated carbocycles. The molecule has 1 fully saturated rings. The molecule has 0 aliphatic carbocycles. The van der Waals surface area contributed by atoms with Crippen LogP contribution in [0.5, 0.6) is 0 Å². The van der Waals surface area contributed by atoms with Gasteiger partial charge >= 0.3 is 0 Å². The van der Waals surface area contributed by atoms with Crippen LogP contribution in [0.15, 0.2) is 11.6 Å². The highest BCUT2D eigenvalue weighted by Gasteiger charge is 2.27. The second kappa shape index (κ2) is 5.37. The van der Waals surface area contributed by atoms with Crippen molar-refractivity contribution in [1.82, 2.24) is 5.32 Å². The molecule has 0 spiro atoms. The molecule has 1 heterocycles. The Hall–Kier alpha value is -0.540. The van der Waals surface area contributed by atoms with Crippen molar-refractivity contribution >= 4 is 17.5 Å². The predicted molar refractivity (Wildman–Crippen MR) is 56.1 cm³/mol. The standard InChI is InChI=1S/C10H16ClNO2/c1-7-6-14-4-3-9(7)10(13)12-5-8(2)11/h7,9H,2-6H2,1H3,(H,12,13). The summed E-state index contributed by atoms with van der Waals surface area (Å²) in [5, 5.41) is 3.21. The number of rotatable bonds is 3. The lowest BCUT2D eigenvalue weighted by atomic mass is 9.89. The first-order chi connectivity index (χ1) is 6.61. The van der Waals surface area contributed by atoms with Gasteiger partial charge in [-0.1, -0.05) is 25.1 Å². The highest BCUT2D eigenvalue weighted by Crippen LogP contribution is 2.21. The highest BCUT2D eigenvalue weighted by atomic mass is 35.5. The molecule has 1 aliphatic heterocycles. The van der Waals surface area contributed by atoms with Gasteiger partial charge in [0.2, 0.25) is 5.91 Å². The van der Waals surface area contributed by atoms with E-state index in [-0.39, 0.29) is 17.7 Å². The Morgan fingerprint density at radius 2 is 2.43 bits per heavy atom. The van der Waals surface area contributed by atoms with Crippen molar-refractivity contribution in [1.29, 1.82) is 0 Å². The van der Waals surface area contributed by atoms with Crippen molar-refractivity contribution in [3.8, 4) is 0 Å². The van der Waals surface area contributed by atoms with Crippen molar-refractivity contribution in [2.45, 2.75) is 13.3 Å². The minimum Gasteiger partial charge on any atom is -0.381 e. The van der Waals surface area contributed by atoms with E-state index in [0.29, 0.717) is 24.8 Å². The second-order valence-corrected chi connectivity index (χ2v) is 4.22. The zero-order chi connectivity index (χ0) is 10.6. The lowest BCUT2D eigenvalue weighted by Gasteiger charge is -2.27. The maximum atomic E-state index is 11.6. The van der Waals surface area contributed by atoms with Crippen LogP contribution in [0.2, 0.25) is 0 Å². The third-order valence-corrected chi connectivity index (χ3v) is 2.57. The number of carbonyl (C=O) groups excluding carboxylic acids is 1. The third kappa shape index (κ3) is 3.31. The van der Waals surface area contributed by atoms with Crippen molar-refractivity contribution in [3.63, 3.8) is 0 Å². The molecule has 0 radical (unpaired) electrons. The summed E-state index contributed by atoms with van der Waals surface area (Å²) in [4.78, 5) is 11.6. The van der Waals surface area contributed by atoms with Crippen LogP contribution < -0.4 is 5.32 Å². The van der Waals surface area contributed by atoms with E-state index in [1.54, 1.807) is 0 Å². The fourth-order valence-electron chi connectivity index (χ4n) is 1.58. The van der Waals surface area contributed by atoms with E-state index in [0.717, 1.165) is 6.42 Å². The number of carbonyl (C=O) groups is 1. The van der Waals surface area contributed by atoms with Crippen LogP contribution >= 0.6 is 11.6 Å². The highest BCUT2D eigenvalue weighted by molar-refractivity contribution is 6.29. The largest absolute Gasteiger partial charge is 0.381 e. The normalized spacial score (nSPS) is 27.0. The van der Waals surface area contributed by atoms with Crippen LogP contribution in [-0.4, -0.2) is 25.7 Å². The Bertz CT molecular complexity index is 230. The molecule has 0 bridgehead atoms. The van der Waals surface area contributed by atoms with Gasteiger partial charge in [-0.15, -0.1) is 0 Å². The summed E-state index contributed by atoms with van der Waals surface area (Å²) in [7, 11) is 0. The molecule has 4 heteroatoms.